The van der Waals surface area contributed by atoms with Gasteiger partial charge in [0, 0.05) is 0 Å². The van der Waals surface area contributed by atoms with E-state index in [2.05, 4.69) is 13.0 Å². The first-order valence-electron chi connectivity index (χ1n) is 3.31. The molecule has 0 aliphatic carbocycles. The molecule has 2 radical (unpaired) electrons. The maximum absolute atomic E-state index is 5.26. The van der Waals surface area contributed by atoms with Crippen LogP contribution in [0.15, 0.2) is 24.3 Å². The predicted molar refractivity (Wildman–Crippen MR) is 40.7 cm³/mol. The van der Waals surface area contributed by atoms with Crippen molar-refractivity contribution in [3.05, 3.63) is 37.3 Å². The van der Waals surface area contributed by atoms with Crippen LogP contribution < -0.4 is 4.74 Å². The zero-order chi connectivity index (χ0) is 7.23. The van der Waals surface area contributed by atoms with Gasteiger partial charge in [-0.25, -0.2) is 0 Å². The fourth-order valence-electron chi connectivity index (χ4n) is 0.657. The number of hydrogen-bond acceptors (Lipinski definition) is 1. The summed E-state index contributed by atoms with van der Waals surface area (Å²) in [6, 6.07) is 10.4. The molecule has 0 N–H and O–H groups in total. The summed E-state index contributed by atoms with van der Waals surface area (Å²) in [5.74, 6) is 0.867. The highest BCUT2D eigenvalue weighted by Gasteiger charge is 1.86. The summed E-state index contributed by atoms with van der Waals surface area (Å²) in [4.78, 5) is 0. The van der Waals surface area contributed by atoms with E-state index in [1.165, 1.54) is 0 Å². The topological polar surface area (TPSA) is 9.23 Å². The van der Waals surface area contributed by atoms with Crippen molar-refractivity contribution >= 4 is 0 Å². The third-order valence-electron chi connectivity index (χ3n) is 1.09. The van der Waals surface area contributed by atoms with Crippen molar-refractivity contribution in [2.45, 2.75) is 6.42 Å². The quantitative estimate of drug-likeness (QED) is 0.615. The summed E-state index contributed by atoms with van der Waals surface area (Å²) in [5.41, 5.74) is 0. The van der Waals surface area contributed by atoms with Crippen LogP contribution in [0.5, 0.6) is 5.75 Å². The van der Waals surface area contributed by atoms with E-state index in [9.17, 15) is 0 Å². The number of ether oxygens (including phenoxy) is 1. The van der Waals surface area contributed by atoms with Crippen LogP contribution >= 0.6 is 0 Å². The zero-order valence-corrected chi connectivity index (χ0v) is 5.84. The molecule has 0 bridgehead atoms. The second kappa shape index (κ2) is 3.94. The Morgan fingerprint density at radius 1 is 1.60 bits per heavy atom. The van der Waals surface area contributed by atoms with E-state index >= 15 is 0 Å². The van der Waals surface area contributed by atoms with Crippen LogP contribution in [-0.2, 0) is 0 Å². The normalized spacial score (nSPS) is 9.30. The molecule has 0 amide bonds. The lowest BCUT2D eigenvalue weighted by Gasteiger charge is -2.01. The van der Waals surface area contributed by atoms with Crippen LogP contribution in [0.1, 0.15) is 6.42 Å². The monoisotopic (exact) mass is 134 g/mol. The molecule has 1 heteroatoms. The second-order valence-corrected chi connectivity index (χ2v) is 1.94. The van der Waals surface area contributed by atoms with Crippen molar-refractivity contribution in [2.75, 3.05) is 6.61 Å². The molecule has 1 rings (SSSR count). The summed E-state index contributed by atoms with van der Waals surface area (Å²) in [6.45, 7) is 4.34. The summed E-state index contributed by atoms with van der Waals surface area (Å²) >= 11 is 0. The molecule has 1 aromatic carbocycles. The Morgan fingerprint density at radius 3 is 3.10 bits per heavy atom. The van der Waals surface area contributed by atoms with Crippen LogP contribution in [0.2, 0.25) is 0 Å². The van der Waals surface area contributed by atoms with Crippen molar-refractivity contribution in [2.24, 2.45) is 0 Å². The highest BCUT2D eigenvalue weighted by atomic mass is 16.5. The fourth-order valence-corrected chi connectivity index (χ4v) is 0.657. The van der Waals surface area contributed by atoms with Gasteiger partial charge >= 0.3 is 0 Å². The summed E-state index contributed by atoms with van der Waals surface area (Å²) in [7, 11) is 0. The van der Waals surface area contributed by atoms with Crippen molar-refractivity contribution in [3.8, 4) is 5.75 Å². The zero-order valence-electron chi connectivity index (χ0n) is 5.84. The minimum atomic E-state index is 0.678. The van der Waals surface area contributed by atoms with Gasteiger partial charge in [-0.05, 0) is 31.5 Å². The fraction of sp³-hybridized carbons (Fsp3) is 0.222. The summed E-state index contributed by atoms with van der Waals surface area (Å²) in [6.07, 6.45) is 0.800. The molecule has 0 heterocycles. The number of hydrogen-bond donors (Lipinski definition) is 0. The maximum atomic E-state index is 5.26. The molecule has 0 saturated carbocycles. The highest BCUT2D eigenvalue weighted by molar-refractivity contribution is 5.19. The molecule has 0 spiro atoms. The molecule has 0 unspecified atom stereocenters. The lowest BCUT2D eigenvalue weighted by molar-refractivity contribution is 0.324. The molecule has 10 heavy (non-hydrogen) atoms. The van der Waals surface area contributed by atoms with Gasteiger partial charge in [-0.3, -0.25) is 0 Å². The van der Waals surface area contributed by atoms with E-state index in [1.807, 2.05) is 24.3 Å². The number of benzene rings is 1. The van der Waals surface area contributed by atoms with Gasteiger partial charge in [0.05, 0.1) is 6.61 Å². The first-order valence-corrected chi connectivity index (χ1v) is 3.31. The van der Waals surface area contributed by atoms with Gasteiger partial charge in [-0.2, -0.15) is 0 Å². The lowest BCUT2D eigenvalue weighted by Crippen LogP contribution is -1.93. The van der Waals surface area contributed by atoms with Gasteiger partial charge in [0.2, 0.25) is 0 Å². The molecule has 0 saturated heterocycles. The highest BCUT2D eigenvalue weighted by Crippen LogP contribution is 2.07. The lowest BCUT2D eigenvalue weighted by atomic mass is 10.3. The van der Waals surface area contributed by atoms with Crippen molar-refractivity contribution < 1.29 is 4.74 Å². The Labute approximate surface area is 61.6 Å². The molecule has 52 valence electrons. The van der Waals surface area contributed by atoms with Crippen molar-refractivity contribution in [1.29, 1.82) is 0 Å². The maximum Gasteiger partial charge on any atom is 0.119 e. The van der Waals surface area contributed by atoms with Crippen molar-refractivity contribution in [1.82, 2.24) is 0 Å². The van der Waals surface area contributed by atoms with E-state index in [1.54, 1.807) is 0 Å². The Morgan fingerprint density at radius 2 is 2.50 bits per heavy atom. The third-order valence-corrected chi connectivity index (χ3v) is 1.09. The van der Waals surface area contributed by atoms with Crippen LogP contribution in [0, 0.1) is 13.0 Å². The molecule has 0 aromatic heterocycles. The molecular formula is C9H10O. The minimum Gasteiger partial charge on any atom is -0.494 e. The van der Waals surface area contributed by atoms with Crippen LogP contribution in [0.25, 0.3) is 0 Å². The van der Waals surface area contributed by atoms with Crippen molar-refractivity contribution in [3.63, 3.8) is 0 Å². The van der Waals surface area contributed by atoms with Crippen LogP contribution in [0.4, 0.5) is 0 Å². The Kier molecular flexibility index (Phi) is 2.81. The van der Waals surface area contributed by atoms with E-state index in [-0.39, 0.29) is 0 Å². The smallest absolute Gasteiger partial charge is 0.119 e. The molecule has 1 nitrogen and oxygen atoms in total. The van der Waals surface area contributed by atoms with Gasteiger partial charge in [-0.1, -0.05) is 12.1 Å². The molecule has 0 aliphatic rings. The Hall–Kier alpha value is -0.980. The molecule has 0 fully saturated rings. The average molecular weight is 134 g/mol. The molecule has 0 atom stereocenters. The average Bonchev–Trinajstić information content (AvgIpc) is 2.03. The molecule has 1 aromatic rings. The van der Waals surface area contributed by atoms with Gasteiger partial charge in [0.25, 0.3) is 0 Å². The third kappa shape index (κ3) is 2.09. The molecule has 0 aliphatic heterocycles. The van der Waals surface area contributed by atoms with Gasteiger partial charge in [0.1, 0.15) is 5.75 Å². The van der Waals surface area contributed by atoms with Crippen LogP contribution in [-0.4, -0.2) is 6.61 Å². The standard InChI is InChI=1S/C9H10O/c1-2-8-10-9-6-4-3-5-7-9/h3-4,6-7H,1-2,8H2. The van der Waals surface area contributed by atoms with E-state index in [4.69, 9.17) is 4.74 Å². The van der Waals surface area contributed by atoms with Crippen LogP contribution in [0.3, 0.4) is 0 Å². The van der Waals surface area contributed by atoms with Gasteiger partial charge in [0.15, 0.2) is 0 Å². The second-order valence-electron chi connectivity index (χ2n) is 1.94. The van der Waals surface area contributed by atoms with E-state index in [0.717, 1.165) is 12.2 Å². The summed E-state index contributed by atoms with van der Waals surface area (Å²) in [5, 5.41) is 0. The largest absolute Gasteiger partial charge is 0.494 e. The van der Waals surface area contributed by atoms with Gasteiger partial charge in [-0.15, -0.1) is 0 Å². The number of rotatable bonds is 3. The molecular weight excluding hydrogens is 124 g/mol. The first-order chi connectivity index (χ1) is 4.93. The SMILES string of the molecule is [CH2]CCOc1c[c]ccc1. The summed E-state index contributed by atoms with van der Waals surface area (Å²) < 4.78 is 5.26. The Bertz CT molecular complexity index is 169. The first kappa shape index (κ1) is 7.13. The minimum absolute atomic E-state index is 0.678. The predicted octanol–water partition coefficient (Wildman–Crippen LogP) is 2.09. The van der Waals surface area contributed by atoms with E-state index in [0.29, 0.717) is 6.61 Å². The Balaban J connectivity index is 2.43. The van der Waals surface area contributed by atoms with Gasteiger partial charge < -0.3 is 4.74 Å². The van der Waals surface area contributed by atoms with E-state index < -0.39 is 0 Å².